The van der Waals surface area contributed by atoms with Crippen molar-refractivity contribution in [3.05, 3.63) is 210 Å². The highest BCUT2D eigenvalue weighted by Crippen LogP contribution is 2.33. The van der Waals surface area contributed by atoms with Gasteiger partial charge in [0.05, 0.1) is 46.2 Å². The monoisotopic (exact) mass is 2060 g/mol. The Morgan fingerprint density at radius 1 is 0.153 bits per heavy atom. The topological polar surface area (TPSA) is 305 Å². The summed E-state index contributed by atoms with van der Waals surface area (Å²) in [4.78, 5) is 23.1. The van der Waals surface area contributed by atoms with Gasteiger partial charge in [-0.1, -0.05) is 319 Å². The normalized spacial score (nSPS) is 11.2. The van der Waals surface area contributed by atoms with Gasteiger partial charge in [-0.2, -0.15) is 0 Å². The van der Waals surface area contributed by atoms with Gasteiger partial charge in [-0.3, -0.25) is 0 Å². The van der Waals surface area contributed by atoms with Gasteiger partial charge in [-0.25, -0.2) is 0 Å². The second-order valence-electron chi connectivity index (χ2n) is 41.2. The Kier molecular flexibility index (Phi) is 66.3. The number of benzene rings is 7. The van der Waals surface area contributed by atoms with E-state index >= 15 is 0 Å². The molecule has 7 aromatic carbocycles. The Morgan fingerprint density at radius 3 is 0.427 bits per heavy atom. The number of ether oxygens (including phenoxy) is 7. The van der Waals surface area contributed by atoms with Crippen LogP contribution in [0.25, 0.3) is 76.3 Å². The van der Waals surface area contributed by atoms with Crippen LogP contribution >= 0.6 is 0 Å². The molecule has 7 aromatic heterocycles. The quantitative estimate of drug-likeness (QED) is 0.0158. The van der Waals surface area contributed by atoms with Crippen LogP contribution in [-0.2, 0) is 44.9 Å². The van der Waals surface area contributed by atoms with E-state index in [1.54, 1.807) is 0 Å². The van der Waals surface area contributed by atoms with E-state index in [2.05, 4.69) is 244 Å². The van der Waals surface area contributed by atoms with E-state index in [1.165, 1.54) is 345 Å². The summed E-state index contributed by atoms with van der Waals surface area (Å²) in [5, 5.41) is 8.82. The molecule has 14 rings (SSSR count). The van der Waals surface area contributed by atoms with Crippen molar-refractivity contribution in [2.24, 2.45) is 28.7 Å². The van der Waals surface area contributed by atoms with Gasteiger partial charge in [0.25, 0.3) is 0 Å². The maximum absolute atomic E-state index is 5.93. The van der Waals surface area contributed by atoms with E-state index in [0.717, 1.165) is 204 Å². The summed E-state index contributed by atoms with van der Waals surface area (Å²) < 4.78 is 41.2. The summed E-state index contributed by atoms with van der Waals surface area (Å²) in [6, 6.07) is 44.1. The van der Waals surface area contributed by atoms with Crippen LogP contribution in [0.2, 0.25) is 0 Å². The van der Waals surface area contributed by atoms with E-state index in [9.17, 15) is 0 Å². The lowest BCUT2D eigenvalue weighted by Gasteiger charge is -2.07. The number of hydrogen-bond acceptors (Lipinski definition) is 12. The summed E-state index contributed by atoms with van der Waals surface area (Å²) in [6.45, 7) is 29.3. The number of nitrogens with two attached hydrogens (primary N) is 5. The Labute approximate surface area is 905 Å². The molecule has 0 unspecified atom stereocenters. The standard InChI is InChI=1S/C21H34N2O.C20H32N2O.C20H31NO.C19H30N2O.C19H29NO.C18H28N2O.C14H20N2O/c1-2-3-4-5-6-7-8-9-10-15-24-19-11-12-21-20(16-19)18(13-14-22)17-23-21;1-2-3-4-5-6-7-8-9-14-23-18-10-11-20-19(15-18)17(12-13-21)16-22-20;1-3-5-6-7-8-9-10-14-22-18-12-13-20-19(15-18)17(11-4-2)16-21-20;1-2-3-4-5-6-7-8-13-22-17-9-10-19-18(14-17)16(11-12-20)15-21-19;1-3-5-6-7-8-9-13-21-17-11-12-19-18(14-17)16(10-4-2)15-20-19;1-2-3-4-5-6-7-12-21-16-8-9-18-17(13-16)15(10-11-19)14-20-18;1-2-3-8-17-12-4-5-14-13(9-12)11(6-7-15)10-16-14/h11-12,16-17,23H,2-10,13-15,22H2,1H3;10-11,15-16,22H,2-9,12-14,21H2,1H3;12-13,15-16,21H,3-11,14H2,1-2H3;9-10,14-15,21H,2-8,11-13,20H2,1H3;11-12,14-15,20H,3-10,13H2,1-2H3;8-9,13-14,20H,2-7,10-12,19H2,1H3;4-5,9-10,16H,2-3,6-8,15H2,1H3. The number of fused-ring (bicyclic) bond motifs is 7. The average Bonchev–Trinajstić information content (AvgIpc) is 1.72. The molecule has 830 valence electrons. The number of aromatic nitrogens is 7. The molecular formula is C131H204N12O7. The molecule has 0 saturated carbocycles. The lowest BCUT2D eigenvalue weighted by atomic mass is 10.1. The lowest BCUT2D eigenvalue weighted by molar-refractivity contribution is 0.304. The third-order valence-corrected chi connectivity index (χ3v) is 28.4. The van der Waals surface area contributed by atoms with Gasteiger partial charge >= 0.3 is 0 Å². The first-order valence-corrected chi connectivity index (χ1v) is 60.0. The highest BCUT2D eigenvalue weighted by molar-refractivity contribution is 5.89. The van der Waals surface area contributed by atoms with Gasteiger partial charge < -0.3 is 96.7 Å². The van der Waals surface area contributed by atoms with Crippen molar-refractivity contribution < 1.29 is 33.2 Å². The molecule has 0 aliphatic carbocycles. The number of rotatable bonds is 73. The highest BCUT2D eigenvalue weighted by atomic mass is 16.5. The van der Waals surface area contributed by atoms with Crippen LogP contribution < -0.4 is 61.8 Å². The summed E-state index contributed by atoms with van der Waals surface area (Å²) in [5.41, 5.74) is 45.7. The molecule has 19 heteroatoms. The van der Waals surface area contributed by atoms with Gasteiger partial charge in [0.1, 0.15) is 40.2 Å². The zero-order valence-electron chi connectivity index (χ0n) is 95.1. The molecule has 0 bridgehead atoms. The first-order valence-electron chi connectivity index (χ1n) is 60.0. The molecule has 0 amide bonds. The predicted molar refractivity (Wildman–Crippen MR) is 646 cm³/mol. The number of aromatic amines is 7. The third-order valence-electron chi connectivity index (χ3n) is 28.4. The van der Waals surface area contributed by atoms with Crippen LogP contribution in [0.15, 0.2) is 171 Å². The summed E-state index contributed by atoms with van der Waals surface area (Å²) in [7, 11) is 0. The number of hydrogen-bond donors (Lipinski definition) is 12. The van der Waals surface area contributed by atoms with Crippen molar-refractivity contribution in [2.45, 2.75) is 409 Å². The van der Waals surface area contributed by atoms with Crippen molar-refractivity contribution in [3.63, 3.8) is 0 Å². The number of aryl methyl sites for hydroxylation is 2. The zero-order chi connectivity index (χ0) is 107. The van der Waals surface area contributed by atoms with Gasteiger partial charge in [-0.05, 0) is 289 Å². The summed E-state index contributed by atoms with van der Waals surface area (Å²) >= 11 is 0. The van der Waals surface area contributed by atoms with Crippen molar-refractivity contribution in [1.29, 1.82) is 0 Å². The summed E-state index contributed by atoms with van der Waals surface area (Å²) in [5.74, 6) is 6.84. The van der Waals surface area contributed by atoms with E-state index in [4.69, 9.17) is 61.8 Å². The van der Waals surface area contributed by atoms with E-state index in [1.807, 2.05) is 24.4 Å². The second-order valence-corrected chi connectivity index (χ2v) is 41.2. The molecule has 7 heterocycles. The van der Waals surface area contributed by atoms with Gasteiger partial charge in [-0.15, -0.1) is 0 Å². The molecule has 0 aliphatic rings. The highest BCUT2D eigenvalue weighted by Gasteiger charge is 2.15. The van der Waals surface area contributed by atoms with Gasteiger partial charge in [0.15, 0.2) is 0 Å². The molecule has 14 aromatic rings. The third kappa shape index (κ3) is 48.4. The van der Waals surface area contributed by atoms with Crippen molar-refractivity contribution >= 4 is 76.3 Å². The predicted octanol–water partition coefficient (Wildman–Crippen LogP) is 34.9. The molecular weight excluding hydrogens is 1850 g/mol. The average molecular weight is 2060 g/mol. The molecule has 17 N–H and O–H groups in total. The Morgan fingerprint density at radius 2 is 0.287 bits per heavy atom. The fourth-order valence-corrected chi connectivity index (χ4v) is 19.5. The molecule has 0 radical (unpaired) electrons. The molecule has 150 heavy (non-hydrogen) atoms. The van der Waals surface area contributed by atoms with Crippen LogP contribution in [0.4, 0.5) is 0 Å². The summed E-state index contributed by atoms with van der Waals surface area (Å²) in [6.07, 6.45) is 82.7. The van der Waals surface area contributed by atoms with E-state index < -0.39 is 0 Å². The number of unbranched alkanes of at least 4 members (excludes halogenated alkanes) is 38. The minimum absolute atomic E-state index is 0.674. The molecule has 0 saturated heterocycles. The molecule has 0 spiro atoms. The minimum Gasteiger partial charge on any atom is -0.494 e. The maximum atomic E-state index is 5.93. The molecule has 19 nitrogen and oxygen atoms in total. The van der Waals surface area contributed by atoms with Crippen LogP contribution in [-0.4, -0.2) is 114 Å². The van der Waals surface area contributed by atoms with E-state index in [0.29, 0.717) is 32.7 Å². The number of nitrogens with one attached hydrogen (secondary N) is 7. The van der Waals surface area contributed by atoms with Crippen molar-refractivity contribution in [2.75, 3.05) is 79.0 Å². The molecule has 0 atom stereocenters. The van der Waals surface area contributed by atoms with Gasteiger partial charge in [0, 0.05) is 120 Å². The maximum Gasteiger partial charge on any atom is 0.120 e. The fraction of sp³-hybridized carbons (Fsp3) is 0.573. The van der Waals surface area contributed by atoms with Crippen molar-refractivity contribution in [1.82, 2.24) is 34.9 Å². The molecule has 0 aliphatic heterocycles. The van der Waals surface area contributed by atoms with E-state index in [-0.39, 0.29) is 0 Å². The fourth-order valence-electron chi connectivity index (χ4n) is 19.5. The minimum atomic E-state index is 0.674. The van der Waals surface area contributed by atoms with Crippen LogP contribution in [0.3, 0.4) is 0 Å². The van der Waals surface area contributed by atoms with Crippen molar-refractivity contribution in [3.8, 4) is 40.2 Å². The largest absolute Gasteiger partial charge is 0.494 e. The Balaban J connectivity index is 0.000000213. The van der Waals surface area contributed by atoms with Crippen LogP contribution in [0.1, 0.15) is 403 Å². The van der Waals surface area contributed by atoms with Crippen LogP contribution in [0.5, 0.6) is 40.2 Å². The van der Waals surface area contributed by atoms with Gasteiger partial charge in [0.2, 0.25) is 0 Å². The van der Waals surface area contributed by atoms with Crippen LogP contribution in [0, 0.1) is 0 Å². The zero-order valence-corrected chi connectivity index (χ0v) is 95.1. The SMILES string of the molecule is CCCCCCCCCCCOc1ccc2[nH]cc(CCN)c2c1.CCCCCCCCCCOc1ccc2[nH]cc(CCN)c2c1.CCCCCCCCCOc1ccc2[nH]cc(CCC)c2c1.CCCCCCCCCOc1ccc2[nH]cc(CCN)c2c1.CCCCCCCCOc1ccc2[nH]cc(CCC)c2c1.CCCCCCCCOc1ccc2[nH]cc(CCN)c2c1.CCCCOc1ccc2[nH]cc(CCN)c2c1. The Hall–Kier alpha value is -10.3. The Bertz CT molecular complexity index is 5510. The smallest absolute Gasteiger partial charge is 0.120 e. The lowest BCUT2D eigenvalue weighted by Crippen LogP contribution is -2.02. The first kappa shape index (κ1) is 125. The second kappa shape index (κ2) is 79.7. The molecule has 0 fully saturated rings. The first-order chi connectivity index (χ1) is 73.9. The number of H-pyrrole nitrogens is 7.